The largest absolute Gasteiger partial charge is 0.454 e. The van der Waals surface area contributed by atoms with Gasteiger partial charge < -0.3 is 19.5 Å². The van der Waals surface area contributed by atoms with Crippen LogP contribution < -0.4 is 14.8 Å². The number of benzene rings is 1. The fraction of sp³-hybridized carbons (Fsp3) is 0.538. The van der Waals surface area contributed by atoms with Gasteiger partial charge in [-0.25, -0.2) is 0 Å². The lowest BCUT2D eigenvalue weighted by atomic mass is 10.2. The van der Waals surface area contributed by atoms with Crippen molar-refractivity contribution in [2.45, 2.75) is 19.9 Å². The number of hydrogen-bond donors (Lipinski definition) is 1. The van der Waals surface area contributed by atoms with Crippen LogP contribution in [0.2, 0.25) is 0 Å². The molecule has 2 N–H and O–H groups in total. The molecule has 1 heterocycles. The maximum absolute atomic E-state index is 5.34. The van der Waals surface area contributed by atoms with Gasteiger partial charge in [0, 0.05) is 18.6 Å². The summed E-state index contributed by atoms with van der Waals surface area (Å²) in [4.78, 5) is 0. The minimum Gasteiger partial charge on any atom is -0.454 e. The molecule has 4 nitrogen and oxygen atoms in total. The Hall–Kier alpha value is -1.26. The van der Waals surface area contributed by atoms with Crippen LogP contribution in [0, 0.1) is 0 Å². The lowest BCUT2D eigenvalue weighted by Crippen LogP contribution is -2.82. The molecule has 94 valence electrons. The molecule has 0 aromatic heterocycles. The van der Waals surface area contributed by atoms with Crippen molar-refractivity contribution in [1.29, 1.82) is 0 Å². The Bertz CT molecular complexity index is 355. The summed E-state index contributed by atoms with van der Waals surface area (Å²) in [5, 5.41) is 2.29. The van der Waals surface area contributed by atoms with E-state index in [1.54, 1.807) is 0 Å². The second-order valence-corrected chi connectivity index (χ2v) is 4.02. The van der Waals surface area contributed by atoms with Crippen LogP contribution in [0.5, 0.6) is 11.5 Å². The quantitative estimate of drug-likeness (QED) is 0.718. The van der Waals surface area contributed by atoms with E-state index in [1.807, 2.05) is 13.0 Å². The topological polar surface area (TPSA) is 44.3 Å². The van der Waals surface area contributed by atoms with E-state index in [4.69, 9.17) is 14.2 Å². The highest BCUT2D eigenvalue weighted by atomic mass is 16.7. The number of nitrogens with two attached hydrogens (primary N) is 1. The molecular formula is C13H20NO3+. The zero-order chi connectivity index (χ0) is 11.9. The third-order valence-corrected chi connectivity index (χ3v) is 2.72. The summed E-state index contributed by atoms with van der Waals surface area (Å²) in [6.07, 6.45) is 1.10. The van der Waals surface area contributed by atoms with Crippen LogP contribution in [0.1, 0.15) is 18.9 Å². The first-order valence-corrected chi connectivity index (χ1v) is 6.18. The van der Waals surface area contributed by atoms with Gasteiger partial charge in [-0.1, -0.05) is 0 Å². The van der Waals surface area contributed by atoms with Gasteiger partial charge in [0.05, 0.1) is 13.2 Å². The van der Waals surface area contributed by atoms with Crippen molar-refractivity contribution in [3.63, 3.8) is 0 Å². The molecule has 1 aliphatic rings. The van der Waals surface area contributed by atoms with Crippen molar-refractivity contribution in [3.8, 4) is 11.5 Å². The van der Waals surface area contributed by atoms with Crippen LogP contribution in [0.25, 0.3) is 0 Å². The van der Waals surface area contributed by atoms with Crippen LogP contribution in [-0.2, 0) is 11.3 Å². The summed E-state index contributed by atoms with van der Waals surface area (Å²) in [6, 6.07) is 6.12. The SMILES string of the molecule is CCOCCC[NH2+]Cc1ccc2c(c1)OCO2. The molecule has 0 atom stereocenters. The molecular weight excluding hydrogens is 218 g/mol. The zero-order valence-electron chi connectivity index (χ0n) is 10.3. The summed E-state index contributed by atoms with van der Waals surface area (Å²) < 4.78 is 15.9. The molecule has 0 spiro atoms. The molecule has 0 saturated heterocycles. The van der Waals surface area contributed by atoms with Crippen LogP contribution >= 0.6 is 0 Å². The van der Waals surface area contributed by atoms with Gasteiger partial charge >= 0.3 is 0 Å². The Labute approximate surface area is 102 Å². The van der Waals surface area contributed by atoms with E-state index in [0.717, 1.165) is 44.2 Å². The van der Waals surface area contributed by atoms with Crippen molar-refractivity contribution in [2.24, 2.45) is 0 Å². The van der Waals surface area contributed by atoms with Crippen molar-refractivity contribution in [1.82, 2.24) is 0 Å². The predicted molar refractivity (Wildman–Crippen MR) is 64.2 cm³/mol. The molecule has 1 aromatic rings. The first-order valence-electron chi connectivity index (χ1n) is 6.18. The van der Waals surface area contributed by atoms with Gasteiger partial charge in [-0.05, 0) is 25.1 Å². The Morgan fingerprint density at radius 1 is 1.29 bits per heavy atom. The van der Waals surface area contributed by atoms with E-state index >= 15 is 0 Å². The van der Waals surface area contributed by atoms with Crippen molar-refractivity contribution < 1.29 is 19.5 Å². The lowest BCUT2D eigenvalue weighted by molar-refractivity contribution is -0.671. The number of rotatable bonds is 7. The van der Waals surface area contributed by atoms with Crippen molar-refractivity contribution in [2.75, 3.05) is 26.6 Å². The van der Waals surface area contributed by atoms with E-state index in [9.17, 15) is 0 Å². The highest BCUT2D eigenvalue weighted by Gasteiger charge is 2.13. The molecule has 0 unspecified atom stereocenters. The van der Waals surface area contributed by atoms with Gasteiger partial charge in [-0.3, -0.25) is 0 Å². The minimum absolute atomic E-state index is 0.344. The highest BCUT2D eigenvalue weighted by Crippen LogP contribution is 2.32. The number of hydrogen-bond acceptors (Lipinski definition) is 3. The van der Waals surface area contributed by atoms with Gasteiger partial charge in [0.25, 0.3) is 0 Å². The van der Waals surface area contributed by atoms with E-state index in [2.05, 4.69) is 17.4 Å². The average molecular weight is 238 g/mol. The lowest BCUT2D eigenvalue weighted by Gasteiger charge is -2.03. The van der Waals surface area contributed by atoms with Gasteiger partial charge in [0.1, 0.15) is 6.54 Å². The first-order chi connectivity index (χ1) is 8.40. The van der Waals surface area contributed by atoms with Crippen LogP contribution in [0.4, 0.5) is 0 Å². The first kappa shape index (κ1) is 12.2. The molecule has 0 amide bonds. The Kier molecular flexibility index (Phi) is 4.64. The van der Waals surface area contributed by atoms with Crippen LogP contribution in [0.3, 0.4) is 0 Å². The summed E-state index contributed by atoms with van der Waals surface area (Å²) in [5.41, 5.74) is 1.27. The van der Waals surface area contributed by atoms with E-state index in [-0.39, 0.29) is 0 Å². The zero-order valence-corrected chi connectivity index (χ0v) is 10.3. The maximum Gasteiger partial charge on any atom is 0.231 e. The predicted octanol–water partition coefficient (Wildman–Crippen LogP) is 0.905. The Morgan fingerprint density at radius 3 is 3.06 bits per heavy atom. The third kappa shape index (κ3) is 3.61. The summed E-state index contributed by atoms with van der Waals surface area (Å²) >= 11 is 0. The average Bonchev–Trinajstić information content (AvgIpc) is 2.81. The van der Waals surface area contributed by atoms with Crippen molar-refractivity contribution in [3.05, 3.63) is 23.8 Å². The normalized spacial score (nSPS) is 13.0. The third-order valence-electron chi connectivity index (χ3n) is 2.72. The second kappa shape index (κ2) is 6.47. The highest BCUT2D eigenvalue weighted by molar-refractivity contribution is 5.44. The molecule has 0 saturated carbocycles. The van der Waals surface area contributed by atoms with E-state index in [1.165, 1.54) is 5.56 Å². The fourth-order valence-electron chi connectivity index (χ4n) is 1.81. The molecule has 1 aromatic carbocycles. The Morgan fingerprint density at radius 2 is 2.18 bits per heavy atom. The number of quaternary nitrogens is 1. The van der Waals surface area contributed by atoms with Gasteiger partial charge in [-0.15, -0.1) is 0 Å². The Balaban J connectivity index is 1.69. The molecule has 1 aliphatic heterocycles. The summed E-state index contributed by atoms with van der Waals surface area (Å²) in [6.45, 7) is 6.10. The van der Waals surface area contributed by atoms with Gasteiger partial charge in [0.15, 0.2) is 11.5 Å². The standard InChI is InChI=1S/C13H19NO3/c1-2-15-7-3-6-14-9-11-4-5-12-13(8-11)17-10-16-12/h4-5,8,14H,2-3,6-7,9-10H2,1H3/p+1. The minimum atomic E-state index is 0.344. The van der Waals surface area contributed by atoms with E-state index in [0.29, 0.717) is 6.79 Å². The molecule has 0 aliphatic carbocycles. The van der Waals surface area contributed by atoms with Crippen LogP contribution in [-0.4, -0.2) is 26.6 Å². The molecule has 0 bridgehead atoms. The molecule has 4 heteroatoms. The number of ether oxygens (including phenoxy) is 3. The molecule has 2 rings (SSSR count). The van der Waals surface area contributed by atoms with Gasteiger partial charge in [0.2, 0.25) is 6.79 Å². The monoisotopic (exact) mass is 238 g/mol. The molecule has 0 radical (unpaired) electrons. The second-order valence-electron chi connectivity index (χ2n) is 4.02. The van der Waals surface area contributed by atoms with E-state index < -0.39 is 0 Å². The van der Waals surface area contributed by atoms with Crippen molar-refractivity contribution >= 4 is 0 Å². The summed E-state index contributed by atoms with van der Waals surface area (Å²) in [5.74, 6) is 1.72. The fourth-order valence-corrected chi connectivity index (χ4v) is 1.81. The summed E-state index contributed by atoms with van der Waals surface area (Å²) in [7, 11) is 0. The molecule has 17 heavy (non-hydrogen) atoms. The smallest absolute Gasteiger partial charge is 0.231 e. The maximum atomic E-state index is 5.34. The molecule has 0 fully saturated rings. The van der Waals surface area contributed by atoms with Crippen LogP contribution in [0.15, 0.2) is 18.2 Å². The van der Waals surface area contributed by atoms with Gasteiger partial charge in [-0.2, -0.15) is 0 Å². The number of fused-ring (bicyclic) bond motifs is 1.